The van der Waals surface area contributed by atoms with Crippen LogP contribution in [0.1, 0.15) is 49.3 Å². The van der Waals surface area contributed by atoms with E-state index < -0.39 is 6.04 Å². The smallest absolute Gasteiger partial charge is 0.247 e. The summed E-state index contributed by atoms with van der Waals surface area (Å²) in [6.07, 6.45) is 5.92. The molecule has 5 nitrogen and oxygen atoms in total. The van der Waals surface area contributed by atoms with Gasteiger partial charge in [0, 0.05) is 17.6 Å². The number of ether oxygens (including phenoxy) is 1. The van der Waals surface area contributed by atoms with Gasteiger partial charge in [0.1, 0.15) is 17.7 Å². The zero-order chi connectivity index (χ0) is 22.9. The Morgan fingerprint density at radius 2 is 1.84 bits per heavy atom. The van der Waals surface area contributed by atoms with Crippen LogP contribution in [-0.4, -0.2) is 42.3 Å². The Morgan fingerprint density at radius 1 is 1.12 bits per heavy atom. The summed E-state index contributed by atoms with van der Waals surface area (Å²) in [4.78, 5) is 28.0. The van der Waals surface area contributed by atoms with Crippen molar-refractivity contribution in [1.82, 2.24) is 10.2 Å². The zero-order valence-electron chi connectivity index (χ0n) is 18.4. The number of nitrogens with zero attached hydrogens (tertiary/aromatic N) is 1. The second kappa shape index (κ2) is 12.1. The van der Waals surface area contributed by atoms with Gasteiger partial charge in [-0.25, -0.2) is 0 Å². The number of methoxy groups -OCH3 is 1. The first kappa shape index (κ1) is 24.4. The van der Waals surface area contributed by atoms with E-state index in [1.54, 1.807) is 12.0 Å². The molecule has 2 aromatic rings. The lowest BCUT2D eigenvalue weighted by molar-refractivity contribution is -0.139. The van der Waals surface area contributed by atoms with Crippen LogP contribution in [0.3, 0.4) is 0 Å². The average molecular weight is 477 g/mol. The topological polar surface area (TPSA) is 58.6 Å². The van der Waals surface area contributed by atoms with E-state index in [9.17, 15) is 9.59 Å². The molecule has 0 radical (unpaired) electrons. The van der Waals surface area contributed by atoms with Crippen LogP contribution in [0.4, 0.5) is 0 Å². The first-order valence-corrected chi connectivity index (χ1v) is 12.0. The fourth-order valence-corrected chi connectivity index (χ4v) is 4.47. The Kier molecular flexibility index (Phi) is 9.24. The van der Waals surface area contributed by atoms with Crippen molar-refractivity contribution in [1.29, 1.82) is 0 Å². The summed E-state index contributed by atoms with van der Waals surface area (Å²) in [5.74, 6) is -0.0291. The molecule has 1 aliphatic rings. The molecule has 0 bridgehead atoms. The predicted octanol–water partition coefficient (Wildman–Crippen LogP) is 5.15. The first-order chi connectivity index (χ1) is 15.5. The molecular weight excluding hydrogens is 447 g/mol. The van der Waals surface area contributed by atoms with Gasteiger partial charge in [-0.15, -0.1) is 11.6 Å². The largest absolute Gasteiger partial charge is 0.497 e. The lowest BCUT2D eigenvalue weighted by Gasteiger charge is -2.33. The quantitative estimate of drug-likeness (QED) is 0.509. The van der Waals surface area contributed by atoms with Gasteiger partial charge in [-0.2, -0.15) is 0 Å². The van der Waals surface area contributed by atoms with Crippen LogP contribution in [0.5, 0.6) is 5.75 Å². The minimum absolute atomic E-state index is 0.133. The minimum atomic E-state index is -0.787. The molecule has 1 N–H and O–H groups in total. The van der Waals surface area contributed by atoms with E-state index in [0.717, 1.165) is 31.2 Å². The maximum Gasteiger partial charge on any atom is 0.247 e. The van der Waals surface area contributed by atoms with Gasteiger partial charge >= 0.3 is 0 Å². The SMILES string of the molecule is COc1cccc(C(C(=O)NC2CCCCC2)N(CCc2ccc(Cl)cc2)C(=O)CCl)c1. The Morgan fingerprint density at radius 3 is 2.50 bits per heavy atom. The summed E-state index contributed by atoms with van der Waals surface area (Å²) in [7, 11) is 1.58. The molecule has 1 fully saturated rings. The molecule has 3 rings (SSSR count). The molecule has 0 heterocycles. The van der Waals surface area contributed by atoms with Gasteiger partial charge in [0.05, 0.1) is 7.11 Å². The molecule has 7 heteroatoms. The first-order valence-electron chi connectivity index (χ1n) is 11.1. The van der Waals surface area contributed by atoms with E-state index in [-0.39, 0.29) is 23.7 Å². The number of alkyl halides is 1. The van der Waals surface area contributed by atoms with Gasteiger partial charge in [0.15, 0.2) is 0 Å². The van der Waals surface area contributed by atoms with E-state index in [1.165, 1.54) is 6.42 Å². The minimum Gasteiger partial charge on any atom is -0.497 e. The highest BCUT2D eigenvalue weighted by Crippen LogP contribution is 2.27. The van der Waals surface area contributed by atoms with Crippen molar-refractivity contribution in [2.24, 2.45) is 0 Å². The fraction of sp³-hybridized carbons (Fsp3) is 0.440. The zero-order valence-corrected chi connectivity index (χ0v) is 19.9. The van der Waals surface area contributed by atoms with Gasteiger partial charge in [0.25, 0.3) is 0 Å². The predicted molar refractivity (Wildman–Crippen MR) is 128 cm³/mol. The van der Waals surface area contributed by atoms with Crippen molar-refractivity contribution in [3.63, 3.8) is 0 Å². The maximum absolute atomic E-state index is 13.5. The Balaban J connectivity index is 1.89. The fourth-order valence-electron chi connectivity index (χ4n) is 4.19. The Labute approximate surface area is 200 Å². The lowest BCUT2D eigenvalue weighted by Crippen LogP contribution is -2.48. The summed E-state index contributed by atoms with van der Waals surface area (Å²) in [6.45, 7) is 0.354. The highest BCUT2D eigenvalue weighted by molar-refractivity contribution is 6.30. The third-order valence-electron chi connectivity index (χ3n) is 5.91. The van der Waals surface area contributed by atoms with Crippen LogP contribution in [0.2, 0.25) is 5.02 Å². The van der Waals surface area contributed by atoms with Crippen molar-refractivity contribution < 1.29 is 14.3 Å². The summed E-state index contributed by atoms with van der Waals surface area (Å²) in [6, 6.07) is 14.1. The van der Waals surface area contributed by atoms with Crippen LogP contribution in [0, 0.1) is 0 Å². The second-order valence-electron chi connectivity index (χ2n) is 8.12. The van der Waals surface area contributed by atoms with Gasteiger partial charge in [-0.05, 0) is 54.7 Å². The number of rotatable bonds is 9. The van der Waals surface area contributed by atoms with Crippen molar-refractivity contribution in [3.05, 3.63) is 64.7 Å². The van der Waals surface area contributed by atoms with E-state index in [4.69, 9.17) is 27.9 Å². The highest BCUT2D eigenvalue weighted by Gasteiger charge is 2.32. The van der Waals surface area contributed by atoms with E-state index in [0.29, 0.717) is 29.3 Å². The van der Waals surface area contributed by atoms with Gasteiger partial charge in [-0.3, -0.25) is 9.59 Å². The van der Waals surface area contributed by atoms with Crippen molar-refractivity contribution in [2.45, 2.75) is 50.6 Å². The Hall–Kier alpha value is -2.24. The lowest BCUT2D eigenvalue weighted by atomic mass is 9.94. The molecule has 1 atom stereocenters. The molecule has 0 spiro atoms. The molecule has 0 aliphatic heterocycles. The highest BCUT2D eigenvalue weighted by atomic mass is 35.5. The standard InChI is InChI=1S/C25H30Cl2N2O3/c1-32-22-9-5-6-19(16-22)24(25(31)28-21-7-3-2-4-8-21)29(23(30)17-26)15-14-18-10-12-20(27)13-11-18/h5-6,9-13,16,21,24H,2-4,7-8,14-15,17H2,1H3,(H,28,31). The normalized spacial score (nSPS) is 15.1. The number of amides is 2. The molecule has 32 heavy (non-hydrogen) atoms. The van der Waals surface area contributed by atoms with Crippen molar-refractivity contribution in [2.75, 3.05) is 19.5 Å². The van der Waals surface area contributed by atoms with Crippen LogP contribution < -0.4 is 10.1 Å². The molecule has 1 unspecified atom stereocenters. The number of carbonyl (C=O) groups is 2. The maximum atomic E-state index is 13.5. The molecule has 0 aromatic heterocycles. The van der Waals surface area contributed by atoms with E-state index in [1.807, 2.05) is 48.5 Å². The monoisotopic (exact) mass is 476 g/mol. The molecule has 1 aliphatic carbocycles. The average Bonchev–Trinajstić information content (AvgIpc) is 2.82. The van der Waals surface area contributed by atoms with Gasteiger partial charge in [0.2, 0.25) is 11.8 Å². The summed E-state index contributed by atoms with van der Waals surface area (Å²) in [5.41, 5.74) is 1.73. The summed E-state index contributed by atoms with van der Waals surface area (Å²) < 4.78 is 5.37. The Bertz CT molecular complexity index is 898. The van der Waals surface area contributed by atoms with Crippen LogP contribution >= 0.6 is 23.2 Å². The molecule has 0 saturated heterocycles. The molecular formula is C25H30Cl2N2O3. The summed E-state index contributed by atoms with van der Waals surface area (Å²) >= 11 is 12.0. The van der Waals surface area contributed by atoms with Crippen LogP contribution in [0.25, 0.3) is 0 Å². The third kappa shape index (κ3) is 6.63. The number of nitrogens with one attached hydrogen (secondary N) is 1. The van der Waals surface area contributed by atoms with Crippen LogP contribution in [-0.2, 0) is 16.0 Å². The van der Waals surface area contributed by atoms with Crippen molar-refractivity contribution >= 4 is 35.0 Å². The molecule has 172 valence electrons. The number of carbonyl (C=O) groups excluding carboxylic acids is 2. The third-order valence-corrected chi connectivity index (χ3v) is 6.39. The number of hydrogen-bond acceptors (Lipinski definition) is 3. The molecule has 2 aromatic carbocycles. The molecule has 2 amide bonds. The summed E-state index contributed by atoms with van der Waals surface area (Å²) in [5, 5.41) is 3.84. The van der Waals surface area contributed by atoms with Gasteiger partial charge < -0.3 is 15.0 Å². The van der Waals surface area contributed by atoms with Gasteiger partial charge in [-0.1, -0.05) is 55.1 Å². The molecule has 1 saturated carbocycles. The van der Waals surface area contributed by atoms with E-state index in [2.05, 4.69) is 5.32 Å². The second-order valence-corrected chi connectivity index (χ2v) is 8.82. The van der Waals surface area contributed by atoms with Crippen molar-refractivity contribution in [3.8, 4) is 5.75 Å². The number of hydrogen-bond donors (Lipinski definition) is 1. The number of benzene rings is 2. The van der Waals surface area contributed by atoms with Crippen LogP contribution in [0.15, 0.2) is 48.5 Å². The number of halogens is 2. The van der Waals surface area contributed by atoms with E-state index >= 15 is 0 Å².